The molecule has 1 atom stereocenters. The number of nitrogens with zero attached hydrogens (tertiary/aromatic N) is 1. The van der Waals surface area contributed by atoms with E-state index in [2.05, 4.69) is 5.32 Å². The molecule has 1 aromatic carbocycles. The Labute approximate surface area is 135 Å². The highest BCUT2D eigenvalue weighted by molar-refractivity contribution is 6.37. The molecule has 1 rings (SSSR count). The number of nitrogen functional groups attached to an aromatic ring is 1. The highest BCUT2D eigenvalue weighted by atomic mass is 35.5. The second-order valence-corrected chi connectivity index (χ2v) is 5.86. The van der Waals surface area contributed by atoms with E-state index >= 15 is 0 Å². The number of nitrogens with one attached hydrogen (secondary N) is 1. The normalized spacial score (nSPS) is 12.5. The van der Waals surface area contributed by atoms with Gasteiger partial charge >= 0.3 is 0 Å². The maximum Gasteiger partial charge on any atom is 0.224 e. The zero-order chi connectivity index (χ0) is 16.0. The number of rotatable bonds is 7. The number of aliphatic hydroxyl groups excluding tert-OH is 1. The predicted octanol–water partition coefficient (Wildman–Crippen LogP) is 2.61. The van der Waals surface area contributed by atoms with Crippen LogP contribution >= 0.6 is 23.2 Å². The van der Waals surface area contributed by atoms with Crippen LogP contribution in [-0.4, -0.2) is 42.2 Å². The van der Waals surface area contributed by atoms with Crippen molar-refractivity contribution in [3.63, 3.8) is 0 Å². The van der Waals surface area contributed by atoms with E-state index in [1.54, 1.807) is 6.07 Å². The fourth-order valence-corrected chi connectivity index (χ4v) is 2.33. The van der Waals surface area contributed by atoms with Gasteiger partial charge in [0.2, 0.25) is 5.91 Å². The van der Waals surface area contributed by atoms with E-state index in [1.165, 1.54) is 6.07 Å². The van der Waals surface area contributed by atoms with Crippen LogP contribution in [0.2, 0.25) is 10.0 Å². The van der Waals surface area contributed by atoms with Crippen molar-refractivity contribution >= 4 is 40.5 Å². The fourth-order valence-electron chi connectivity index (χ4n) is 1.78. The molecule has 0 saturated heterocycles. The van der Waals surface area contributed by atoms with Crippen LogP contribution in [0.5, 0.6) is 0 Å². The van der Waals surface area contributed by atoms with Crippen molar-refractivity contribution in [2.75, 3.05) is 31.2 Å². The summed E-state index contributed by atoms with van der Waals surface area (Å²) in [6.07, 6.45) is 1.03. The number of anilines is 2. The Balaban J connectivity index is 2.48. The number of hydrogen-bond donors (Lipinski definition) is 3. The van der Waals surface area contributed by atoms with Crippen molar-refractivity contribution < 1.29 is 9.90 Å². The molecular weight excluding hydrogens is 313 g/mol. The molecule has 7 heteroatoms. The summed E-state index contributed by atoms with van der Waals surface area (Å²) in [7, 11) is 1.91. The average Bonchev–Trinajstić information content (AvgIpc) is 2.41. The molecule has 0 aromatic heterocycles. The second-order valence-electron chi connectivity index (χ2n) is 5.02. The van der Waals surface area contributed by atoms with Crippen LogP contribution in [0.25, 0.3) is 0 Å². The molecular formula is C14H21Cl2N3O2. The smallest absolute Gasteiger partial charge is 0.224 e. The molecule has 1 aromatic rings. The first kappa shape index (κ1) is 18.0. The van der Waals surface area contributed by atoms with Crippen LogP contribution in [-0.2, 0) is 4.79 Å². The van der Waals surface area contributed by atoms with Gasteiger partial charge in [0.15, 0.2) is 0 Å². The zero-order valence-corrected chi connectivity index (χ0v) is 13.7. The highest BCUT2D eigenvalue weighted by Gasteiger charge is 2.12. The molecule has 0 aliphatic carbocycles. The van der Waals surface area contributed by atoms with Crippen molar-refractivity contribution in [2.45, 2.75) is 25.8 Å². The monoisotopic (exact) mass is 333 g/mol. The zero-order valence-electron chi connectivity index (χ0n) is 12.2. The van der Waals surface area contributed by atoms with E-state index in [9.17, 15) is 4.79 Å². The number of hydrogen-bond acceptors (Lipinski definition) is 4. The molecule has 0 radical (unpaired) electrons. The number of nitrogens with two attached hydrogens (primary N) is 1. The molecule has 0 aliphatic heterocycles. The van der Waals surface area contributed by atoms with Crippen LogP contribution in [0.1, 0.15) is 19.8 Å². The third-order valence-electron chi connectivity index (χ3n) is 3.28. The predicted molar refractivity (Wildman–Crippen MR) is 87.9 cm³/mol. The highest BCUT2D eigenvalue weighted by Crippen LogP contribution is 2.32. The number of likely N-dealkylation sites (N-methyl/N-ethyl adjacent to an activating group) is 1. The molecule has 0 bridgehead atoms. The topological polar surface area (TPSA) is 78.6 Å². The van der Waals surface area contributed by atoms with E-state index < -0.39 is 0 Å². The maximum atomic E-state index is 11.9. The number of halogens is 2. The Morgan fingerprint density at radius 1 is 1.48 bits per heavy atom. The van der Waals surface area contributed by atoms with E-state index in [4.69, 9.17) is 34.0 Å². The van der Waals surface area contributed by atoms with Crippen LogP contribution < -0.4 is 11.1 Å². The van der Waals surface area contributed by atoms with Crippen molar-refractivity contribution in [3.05, 3.63) is 22.2 Å². The Morgan fingerprint density at radius 3 is 2.71 bits per heavy atom. The molecule has 4 N–H and O–H groups in total. The molecule has 0 heterocycles. The first-order valence-corrected chi connectivity index (χ1v) is 7.46. The van der Waals surface area contributed by atoms with Gasteiger partial charge in [-0.3, -0.25) is 4.79 Å². The Bertz CT molecular complexity index is 474. The minimum Gasteiger partial charge on any atom is -0.397 e. The Kier molecular flexibility index (Phi) is 7.25. The van der Waals surface area contributed by atoms with E-state index in [1.807, 2.05) is 18.9 Å². The van der Waals surface area contributed by atoms with Crippen LogP contribution in [0.15, 0.2) is 12.1 Å². The quantitative estimate of drug-likeness (QED) is 0.670. The Hall–Kier alpha value is -1.01. The lowest BCUT2D eigenvalue weighted by Crippen LogP contribution is -2.33. The summed E-state index contributed by atoms with van der Waals surface area (Å²) in [5, 5.41) is 12.5. The molecule has 0 aliphatic rings. The third-order valence-corrected chi connectivity index (χ3v) is 3.80. The van der Waals surface area contributed by atoms with E-state index in [0.29, 0.717) is 34.3 Å². The first-order valence-electron chi connectivity index (χ1n) is 6.70. The molecule has 0 saturated carbocycles. The number of aliphatic hydroxyl groups is 1. The maximum absolute atomic E-state index is 11.9. The van der Waals surface area contributed by atoms with Gasteiger partial charge in [0.05, 0.1) is 23.0 Å². The summed E-state index contributed by atoms with van der Waals surface area (Å²) in [5.41, 5.74) is 6.52. The van der Waals surface area contributed by atoms with Crippen LogP contribution in [0, 0.1) is 0 Å². The van der Waals surface area contributed by atoms with E-state index in [-0.39, 0.29) is 18.6 Å². The summed E-state index contributed by atoms with van der Waals surface area (Å²) in [6, 6.07) is 3.15. The second kappa shape index (κ2) is 8.44. The molecule has 5 nitrogen and oxygen atoms in total. The number of amides is 1. The minimum atomic E-state index is -0.157. The Morgan fingerprint density at radius 2 is 2.14 bits per heavy atom. The van der Waals surface area contributed by atoms with Gasteiger partial charge < -0.3 is 21.1 Å². The molecule has 0 fully saturated rings. The summed E-state index contributed by atoms with van der Waals surface area (Å²) in [4.78, 5) is 13.9. The van der Waals surface area contributed by atoms with Gasteiger partial charge in [-0.15, -0.1) is 0 Å². The van der Waals surface area contributed by atoms with Gasteiger partial charge in [0.25, 0.3) is 0 Å². The number of carbonyl (C=O) groups excluding carboxylic acids is 1. The van der Waals surface area contributed by atoms with Crippen LogP contribution in [0.3, 0.4) is 0 Å². The van der Waals surface area contributed by atoms with Gasteiger partial charge in [-0.2, -0.15) is 0 Å². The minimum absolute atomic E-state index is 0.0782. The average molecular weight is 334 g/mol. The largest absolute Gasteiger partial charge is 0.397 e. The third kappa shape index (κ3) is 5.71. The van der Waals surface area contributed by atoms with Gasteiger partial charge in [-0.25, -0.2) is 0 Å². The van der Waals surface area contributed by atoms with Crippen molar-refractivity contribution in [2.24, 2.45) is 0 Å². The van der Waals surface area contributed by atoms with Crippen molar-refractivity contribution in [1.29, 1.82) is 0 Å². The molecule has 118 valence electrons. The van der Waals surface area contributed by atoms with Gasteiger partial charge in [0.1, 0.15) is 0 Å². The molecule has 0 spiro atoms. The molecule has 1 unspecified atom stereocenters. The summed E-state index contributed by atoms with van der Waals surface area (Å²) in [5.74, 6) is -0.157. The van der Waals surface area contributed by atoms with Crippen LogP contribution in [0.4, 0.5) is 11.4 Å². The first-order chi connectivity index (χ1) is 9.85. The summed E-state index contributed by atoms with van der Waals surface area (Å²) < 4.78 is 0. The fraction of sp³-hybridized carbons (Fsp3) is 0.500. The molecule has 21 heavy (non-hydrogen) atoms. The lowest BCUT2D eigenvalue weighted by molar-refractivity contribution is -0.116. The summed E-state index contributed by atoms with van der Waals surface area (Å²) >= 11 is 11.8. The van der Waals surface area contributed by atoms with Gasteiger partial charge in [0, 0.05) is 17.5 Å². The van der Waals surface area contributed by atoms with E-state index in [0.717, 1.165) is 6.54 Å². The molecule has 1 amide bonds. The lowest BCUT2D eigenvalue weighted by Gasteiger charge is -2.22. The van der Waals surface area contributed by atoms with Crippen molar-refractivity contribution in [1.82, 2.24) is 4.90 Å². The number of carbonyl (C=O) groups is 1. The lowest BCUT2D eigenvalue weighted by atomic mass is 10.2. The van der Waals surface area contributed by atoms with Crippen molar-refractivity contribution in [3.8, 4) is 0 Å². The van der Waals surface area contributed by atoms with Gasteiger partial charge in [-0.05, 0) is 39.1 Å². The SMILES string of the molecule is CC(CO)N(C)CCCC(=O)Nc1c(N)cc(Cl)cc1Cl. The number of benzene rings is 1. The summed E-state index contributed by atoms with van der Waals surface area (Å²) in [6.45, 7) is 2.74. The van der Waals surface area contributed by atoms with Gasteiger partial charge in [-0.1, -0.05) is 23.2 Å². The standard InChI is InChI=1S/C14H21Cl2N3O2/c1-9(8-20)19(2)5-3-4-13(21)18-14-11(16)6-10(15)7-12(14)17/h6-7,9,20H,3-5,8,17H2,1-2H3,(H,18,21).